The summed E-state index contributed by atoms with van der Waals surface area (Å²) in [5, 5.41) is 16.3. The Bertz CT molecular complexity index is 7990. The smallest absolute Gasteiger partial charge is 0.165 e. The average Bonchev–Trinajstić information content (AvgIpc) is 1.54. The zero-order valence-corrected chi connectivity index (χ0v) is 65.2. The van der Waals surface area contributed by atoms with Crippen LogP contribution in [0.1, 0.15) is 0 Å². The second kappa shape index (κ2) is 28.5. The molecular formula is C110H66N6S2. The summed E-state index contributed by atoms with van der Waals surface area (Å²) < 4.78 is 4.70. The minimum Gasteiger partial charge on any atom is -0.208 e. The van der Waals surface area contributed by atoms with Crippen LogP contribution in [0, 0.1) is 0 Å². The average molecular weight is 1540 g/mol. The summed E-state index contributed by atoms with van der Waals surface area (Å²) in [4.78, 5) is 32.5. The lowest BCUT2D eigenvalue weighted by atomic mass is 9.93. The molecule has 0 atom stereocenters. The quantitative estimate of drug-likeness (QED) is 0.114. The molecule has 548 valence electrons. The van der Waals surface area contributed by atoms with E-state index in [9.17, 15) is 0 Å². The van der Waals surface area contributed by atoms with Crippen LogP contribution in [0.3, 0.4) is 0 Å². The van der Waals surface area contributed by atoms with Crippen LogP contribution < -0.4 is 0 Å². The van der Waals surface area contributed by atoms with Gasteiger partial charge in [0.05, 0.1) is 0 Å². The molecule has 0 unspecified atom stereocenters. The fourth-order valence-corrected chi connectivity index (χ4v) is 19.8. The van der Waals surface area contributed by atoms with Crippen LogP contribution in [-0.4, -0.2) is 29.9 Å². The molecule has 0 radical (unpaired) electrons. The molecule has 0 aliphatic rings. The van der Waals surface area contributed by atoms with E-state index in [0.717, 1.165) is 142 Å². The molecule has 4 heterocycles. The van der Waals surface area contributed by atoms with Crippen LogP contribution in [0.5, 0.6) is 0 Å². The number of nitrogens with zero attached hydrogens (tertiary/aromatic N) is 6. The number of thiophene rings is 2. The van der Waals surface area contributed by atoms with Crippen molar-refractivity contribution in [2.45, 2.75) is 0 Å². The Morgan fingerprint density at radius 1 is 0.136 bits per heavy atom. The predicted molar refractivity (Wildman–Crippen MR) is 497 cm³/mol. The summed E-state index contributed by atoms with van der Waals surface area (Å²) in [7, 11) is 0. The molecule has 6 nitrogen and oxygen atoms in total. The second-order valence-corrected chi connectivity index (χ2v) is 32.5. The maximum absolute atomic E-state index is 5.52. The van der Waals surface area contributed by atoms with Gasteiger partial charge in [-0.25, -0.2) is 29.9 Å². The van der Waals surface area contributed by atoms with Gasteiger partial charge in [-0.2, -0.15) is 0 Å². The highest BCUT2D eigenvalue weighted by molar-refractivity contribution is 7.26. The van der Waals surface area contributed by atoms with Crippen LogP contribution in [0.4, 0.5) is 0 Å². The molecule has 4 aromatic heterocycles. The lowest BCUT2D eigenvalue weighted by Crippen LogP contribution is -2.01. The first-order valence-electron chi connectivity index (χ1n) is 39.8. The molecular weight excluding hydrogens is 1470 g/mol. The van der Waals surface area contributed by atoms with E-state index in [4.69, 9.17) is 29.9 Å². The van der Waals surface area contributed by atoms with Gasteiger partial charge in [0.1, 0.15) is 0 Å². The molecule has 23 rings (SSSR count). The number of aromatic nitrogens is 6. The Morgan fingerprint density at radius 3 is 0.966 bits per heavy atom. The van der Waals surface area contributed by atoms with E-state index in [-0.39, 0.29) is 0 Å². The van der Waals surface area contributed by atoms with Crippen molar-refractivity contribution in [3.8, 4) is 146 Å². The fraction of sp³-hybridized carbons (Fsp3) is 0. The normalized spacial score (nSPS) is 11.7. The standard InChI is InChI=1S/C110H66N6S2/c1-3-18-67(19-4-1)79-49-40-71-41-50-80(63-85(71)62-79)69-36-45-75(46-37-69)106-112-108(97-58-56-88(90-27-10-12-29-92(90)97)84-53-44-68-20-7-8-23-76(68)61-84)116-110(114-106)99-34-17-32-95-100-66-83(54-59-102(100)118-104(95)99)78-25-15-24-77(60-78)82-52-43-72-42-51-81(64-86(72)65-82)70-38-47-74(48-39-70)105-111-107(96-57-55-87(73-21-5-2-6-22-73)89-26-9-11-28-91(89)96)115-109(113-105)98-33-16-31-94-93-30-13-14-35-101(93)117-103(94)98/h1-66H. The fourth-order valence-electron chi connectivity index (χ4n) is 17.4. The van der Waals surface area contributed by atoms with Crippen molar-refractivity contribution in [3.63, 3.8) is 0 Å². The van der Waals surface area contributed by atoms with Crippen LogP contribution in [-0.2, 0) is 0 Å². The number of hydrogen-bond donors (Lipinski definition) is 0. The summed E-state index contributed by atoms with van der Waals surface area (Å²) in [5.41, 5.74) is 21.7. The van der Waals surface area contributed by atoms with Crippen molar-refractivity contribution in [1.82, 2.24) is 29.9 Å². The summed E-state index contributed by atoms with van der Waals surface area (Å²) in [6, 6.07) is 144. The monoisotopic (exact) mass is 1530 g/mol. The molecule has 118 heavy (non-hydrogen) atoms. The van der Waals surface area contributed by atoms with E-state index in [0.29, 0.717) is 34.9 Å². The Kier molecular flexibility index (Phi) is 16.5. The van der Waals surface area contributed by atoms with Crippen LogP contribution in [0.15, 0.2) is 400 Å². The van der Waals surface area contributed by atoms with Gasteiger partial charge in [-0.3, -0.25) is 0 Å². The maximum Gasteiger partial charge on any atom is 0.165 e. The number of fused-ring (bicyclic) bond motifs is 11. The number of hydrogen-bond acceptors (Lipinski definition) is 8. The zero-order valence-electron chi connectivity index (χ0n) is 63.6. The molecule has 0 fully saturated rings. The van der Waals surface area contributed by atoms with Crippen molar-refractivity contribution in [2.75, 3.05) is 0 Å². The summed E-state index contributed by atoms with van der Waals surface area (Å²) in [6.07, 6.45) is 0. The molecule has 0 N–H and O–H groups in total. The largest absolute Gasteiger partial charge is 0.208 e. The van der Waals surface area contributed by atoms with Gasteiger partial charge in [0.25, 0.3) is 0 Å². The third-order valence-electron chi connectivity index (χ3n) is 23.4. The highest BCUT2D eigenvalue weighted by Crippen LogP contribution is 2.46. The third-order valence-corrected chi connectivity index (χ3v) is 25.8. The lowest BCUT2D eigenvalue weighted by Gasteiger charge is -2.14. The van der Waals surface area contributed by atoms with E-state index in [2.05, 4.69) is 400 Å². The van der Waals surface area contributed by atoms with E-state index >= 15 is 0 Å². The van der Waals surface area contributed by atoms with Gasteiger partial charge in [0.2, 0.25) is 0 Å². The second-order valence-electron chi connectivity index (χ2n) is 30.4. The minimum absolute atomic E-state index is 0.605. The molecule has 0 saturated heterocycles. The van der Waals surface area contributed by atoms with Crippen molar-refractivity contribution in [1.29, 1.82) is 0 Å². The Balaban J connectivity index is 0.570. The van der Waals surface area contributed by atoms with Crippen molar-refractivity contribution in [2.24, 2.45) is 0 Å². The van der Waals surface area contributed by atoms with Crippen LogP contribution in [0.25, 0.3) is 240 Å². The molecule has 0 aliphatic heterocycles. The van der Waals surface area contributed by atoms with E-state index in [1.165, 1.54) is 63.6 Å². The summed E-state index contributed by atoms with van der Waals surface area (Å²) >= 11 is 3.57. The zero-order chi connectivity index (χ0) is 77.7. The molecule has 8 heteroatoms. The first-order valence-corrected chi connectivity index (χ1v) is 41.5. The molecule has 0 bridgehead atoms. The Labute approximate surface area is 688 Å². The van der Waals surface area contributed by atoms with E-state index < -0.39 is 0 Å². The third kappa shape index (κ3) is 12.2. The van der Waals surface area contributed by atoms with Gasteiger partial charge in [-0.15, -0.1) is 22.7 Å². The maximum atomic E-state index is 5.52. The minimum atomic E-state index is 0.605. The van der Waals surface area contributed by atoms with Crippen molar-refractivity contribution >= 4 is 117 Å². The van der Waals surface area contributed by atoms with Crippen molar-refractivity contribution < 1.29 is 0 Å². The number of rotatable bonds is 13. The first-order chi connectivity index (χ1) is 58.4. The lowest BCUT2D eigenvalue weighted by molar-refractivity contribution is 1.08. The van der Waals surface area contributed by atoms with E-state index in [1.54, 1.807) is 22.7 Å². The van der Waals surface area contributed by atoms with Gasteiger partial charge < -0.3 is 0 Å². The molecule has 0 spiro atoms. The van der Waals surface area contributed by atoms with E-state index in [1.807, 2.05) is 0 Å². The highest BCUT2D eigenvalue weighted by atomic mass is 32.1. The Morgan fingerprint density at radius 2 is 0.441 bits per heavy atom. The van der Waals surface area contributed by atoms with Gasteiger partial charge in [-0.1, -0.05) is 322 Å². The first kappa shape index (κ1) is 68.5. The molecule has 23 aromatic rings. The van der Waals surface area contributed by atoms with Gasteiger partial charge >= 0.3 is 0 Å². The molecule has 19 aromatic carbocycles. The predicted octanol–water partition coefficient (Wildman–Crippen LogP) is 30.2. The van der Waals surface area contributed by atoms with Gasteiger partial charge in [0, 0.05) is 73.7 Å². The van der Waals surface area contributed by atoms with Crippen LogP contribution >= 0.6 is 22.7 Å². The molecule has 0 aliphatic carbocycles. The van der Waals surface area contributed by atoms with Gasteiger partial charge in [0.15, 0.2) is 34.9 Å². The summed E-state index contributed by atoms with van der Waals surface area (Å²) in [5.74, 6) is 3.72. The topological polar surface area (TPSA) is 77.3 Å². The molecule has 0 amide bonds. The summed E-state index contributed by atoms with van der Waals surface area (Å²) in [6.45, 7) is 0. The highest BCUT2D eigenvalue weighted by Gasteiger charge is 2.23. The number of benzene rings is 19. The molecule has 0 saturated carbocycles. The van der Waals surface area contributed by atoms with Crippen LogP contribution in [0.2, 0.25) is 0 Å². The SMILES string of the molecule is c1ccc(-c2ccc3ccc(-c4ccc(-c5nc(-c6ccc(-c7ccc8ccccc8c7)c7ccccc67)nc(-c6cccc7c6sc6ccc(-c8cccc(-c9ccc%10ccc(-c%11ccc(-c%12nc(-c%13ccc(-c%14ccccc%14)c%14ccccc%13%14)nc(-c%13cccc%14c%13sc%13ccccc%13%14)n%12)cc%11)cc%10c9)c8)cc67)n5)cc4)cc3c2)cc1. The van der Waals surface area contributed by atoms with Crippen molar-refractivity contribution in [3.05, 3.63) is 400 Å². The van der Waals surface area contributed by atoms with Gasteiger partial charge in [-0.05, 0) is 211 Å². The Hall–Kier alpha value is -15.1.